The van der Waals surface area contributed by atoms with Crippen LogP contribution in [0.2, 0.25) is 0 Å². The van der Waals surface area contributed by atoms with Crippen molar-refractivity contribution in [3.63, 3.8) is 0 Å². The van der Waals surface area contributed by atoms with Crippen molar-refractivity contribution in [3.05, 3.63) is 17.7 Å². The molecule has 0 radical (unpaired) electrons. The fraction of sp³-hybridized carbons (Fsp3) is 0.667. The Morgan fingerprint density at radius 1 is 1.00 bits per heavy atom. The molecule has 0 bridgehead atoms. The molecule has 6 nitrogen and oxygen atoms in total. The number of methoxy groups -OCH3 is 3. The van der Waals surface area contributed by atoms with Gasteiger partial charge in [0.15, 0.2) is 11.5 Å². The zero-order valence-corrected chi connectivity index (χ0v) is 15.0. The van der Waals surface area contributed by atoms with Crippen molar-refractivity contribution < 1.29 is 14.2 Å². The SMILES string of the molecule is COc1cc(CN2CCN(C3CCNC3)CC2)cc(OC)c1OC. The molecule has 6 heteroatoms. The van der Waals surface area contributed by atoms with E-state index in [0.717, 1.165) is 63.4 Å². The van der Waals surface area contributed by atoms with E-state index in [1.807, 2.05) is 0 Å². The Bertz CT molecular complexity index is 513. The van der Waals surface area contributed by atoms with Gasteiger partial charge in [0.25, 0.3) is 0 Å². The maximum Gasteiger partial charge on any atom is 0.203 e. The lowest BCUT2D eigenvalue weighted by atomic mass is 10.1. The summed E-state index contributed by atoms with van der Waals surface area (Å²) in [4.78, 5) is 5.13. The van der Waals surface area contributed by atoms with Crippen LogP contribution in [0.5, 0.6) is 17.2 Å². The maximum absolute atomic E-state index is 5.45. The minimum absolute atomic E-state index is 0.655. The van der Waals surface area contributed by atoms with Gasteiger partial charge in [0.1, 0.15) is 0 Å². The smallest absolute Gasteiger partial charge is 0.203 e. The predicted molar refractivity (Wildman–Crippen MR) is 94.2 cm³/mol. The van der Waals surface area contributed by atoms with Crippen LogP contribution in [0.3, 0.4) is 0 Å². The summed E-state index contributed by atoms with van der Waals surface area (Å²) >= 11 is 0. The Hall–Kier alpha value is -1.50. The van der Waals surface area contributed by atoms with E-state index < -0.39 is 0 Å². The molecule has 1 N–H and O–H groups in total. The van der Waals surface area contributed by atoms with Crippen LogP contribution in [0.25, 0.3) is 0 Å². The van der Waals surface area contributed by atoms with Crippen molar-refractivity contribution in [2.75, 3.05) is 60.6 Å². The minimum atomic E-state index is 0.655. The van der Waals surface area contributed by atoms with Crippen LogP contribution in [0.4, 0.5) is 0 Å². The number of nitrogens with zero attached hydrogens (tertiary/aromatic N) is 2. The molecule has 1 aromatic rings. The zero-order valence-electron chi connectivity index (χ0n) is 15.0. The molecule has 3 rings (SSSR count). The largest absolute Gasteiger partial charge is 0.493 e. The van der Waals surface area contributed by atoms with E-state index in [-0.39, 0.29) is 0 Å². The summed E-state index contributed by atoms with van der Waals surface area (Å²) in [6.45, 7) is 7.73. The first-order chi connectivity index (χ1) is 11.7. The molecular formula is C18H29N3O3. The van der Waals surface area contributed by atoms with Crippen molar-refractivity contribution in [1.82, 2.24) is 15.1 Å². The lowest BCUT2D eigenvalue weighted by Crippen LogP contribution is -2.50. The highest BCUT2D eigenvalue weighted by Gasteiger charge is 2.26. The lowest BCUT2D eigenvalue weighted by molar-refractivity contribution is 0.0980. The van der Waals surface area contributed by atoms with E-state index in [1.54, 1.807) is 21.3 Å². The molecule has 1 unspecified atom stereocenters. The topological polar surface area (TPSA) is 46.2 Å². The highest BCUT2D eigenvalue weighted by atomic mass is 16.5. The zero-order chi connectivity index (χ0) is 16.9. The van der Waals surface area contributed by atoms with Crippen LogP contribution >= 0.6 is 0 Å². The number of ether oxygens (including phenoxy) is 3. The Morgan fingerprint density at radius 2 is 1.67 bits per heavy atom. The summed E-state index contributed by atoms with van der Waals surface area (Å²) in [7, 11) is 4.96. The van der Waals surface area contributed by atoms with E-state index in [1.165, 1.54) is 12.0 Å². The van der Waals surface area contributed by atoms with Crippen LogP contribution < -0.4 is 19.5 Å². The molecule has 0 saturated carbocycles. The quantitative estimate of drug-likeness (QED) is 0.843. The van der Waals surface area contributed by atoms with Gasteiger partial charge in [-0.2, -0.15) is 0 Å². The molecular weight excluding hydrogens is 306 g/mol. The van der Waals surface area contributed by atoms with Crippen LogP contribution in [-0.2, 0) is 6.54 Å². The van der Waals surface area contributed by atoms with E-state index in [9.17, 15) is 0 Å². The third kappa shape index (κ3) is 3.77. The summed E-state index contributed by atoms with van der Waals surface area (Å²) < 4.78 is 16.3. The molecule has 0 amide bonds. The average molecular weight is 335 g/mol. The van der Waals surface area contributed by atoms with Crippen molar-refractivity contribution >= 4 is 0 Å². The average Bonchev–Trinajstić information content (AvgIpc) is 3.16. The second kappa shape index (κ2) is 8.05. The van der Waals surface area contributed by atoms with Crippen LogP contribution in [0.15, 0.2) is 12.1 Å². The Morgan fingerprint density at radius 3 is 2.17 bits per heavy atom. The number of piperazine rings is 1. The molecule has 24 heavy (non-hydrogen) atoms. The summed E-state index contributed by atoms with van der Waals surface area (Å²) in [6, 6.07) is 4.83. The number of rotatable bonds is 6. The first kappa shape index (κ1) is 17.3. The molecule has 2 fully saturated rings. The van der Waals surface area contributed by atoms with Gasteiger partial charge in [0.05, 0.1) is 21.3 Å². The van der Waals surface area contributed by atoms with Gasteiger partial charge in [-0.3, -0.25) is 9.80 Å². The second-order valence-electron chi connectivity index (χ2n) is 6.49. The van der Waals surface area contributed by atoms with Crippen molar-refractivity contribution in [3.8, 4) is 17.2 Å². The fourth-order valence-corrected chi connectivity index (χ4v) is 3.72. The highest BCUT2D eigenvalue weighted by molar-refractivity contribution is 5.53. The highest BCUT2D eigenvalue weighted by Crippen LogP contribution is 2.38. The molecule has 0 aromatic heterocycles. The van der Waals surface area contributed by atoms with Crippen molar-refractivity contribution in [1.29, 1.82) is 0 Å². The van der Waals surface area contributed by atoms with Crippen molar-refractivity contribution in [2.45, 2.75) is 19.0 Å². The minimum Gasteiger partial charge on any atom is -0.493 e. The Kier molecular flexibility index (Phi) is 5.81. The van der Waals surface area contributed by atoms with Gasteiger partial charge < -0.3 is 19.5 Å². The molecule has 1 aromatic carbocycles. The number of hydrogen-bond donors (Lipinski definition) is 1. The van der Waals surface area contributed by atoms with Gasteiger partial charge >= 0.3 is 0 Å². The Labute approximate surface area is 144 Å². The first-order valence-corrected chi connectivity index (χ1v) is 8.71. The van der Waals surface area contributed by atoms with Gasteiger partial charge in [-0.25, -0.2) is 0 Å². The maximum atomic E-state index is 5.45. The standard InChI is InChI=1S/C18H29N3O3/c1-22-16-10-14(11-17(23-2)18(16)24-3)13-20-6-8-21(9-7-20)15-4-5-19-12-15/h10-11,15,19H,4-9,12-13H2,1-3H3. The van der Waals surface area contributed by atoms with Gasteiger partial charge in [-0.15, -0.1) is 0 Å². The lowest BCUT2D eigenvalue weighted by Gasteiger charge is -2.37. The molecule has 2 aliphatic heterocycles. The van der Waals surface area contributed by atoms with E-state index >= 15 is 0 Å². The molecule has 0 aliphatic carbocycles. The summed E-state index contributed by atoms with van der Waals surface area (Å²) in [6.07, 6.45) is 1.28. The van der Waals surface area contributed by atoms with Gasteiger partial charge in [-0.05, 0) is 30.7 Å². The third-order valence-electron chi connectivity index (χ3n) is 5.09. The molecule has 134 valence electrons. The molecule has 2 aliphatic rings. The number of hydrogen-bond acceptors (Lipinski definition) is 6. The van der Waals surface area contributed by atoms with Gasteiger partial charge in [0.2, 0.25) is 5.75 Å². The monoisotopic (exact) mass is 335 g/mol. The van der Waals surface area contributed by atoms with Gasteiger partial charge in [-0.1, -0.05) is 0 Å². The predicted octanol–water partition coefficient (Wildman–Crippen LogP) is 1.19. The molecule has 2 saturated heterocycles. The fourth-order valence-electron chi connectivity index (χ4n) is 3.72. The Balaban J connectivity index is 1.62. The van der Waals surface area contributed by atoms with E-state index in [4.69, 9.17) is 14.2 Å². The third-order valence-corrected chi connectivity index (χ3v) is 5.09. The van der Waals surface area contributed by atoms with E-state index in [2.05, 4.69) is 27.2 Å². The number of benzene rings is 1. The summed E-state index contributed by atoms with van der Waals surface area (Å²) in [5.74, 6) is 2.10. The second-order valence-corrected chi connectivity index (χ2v) is 6.49. The molecule has 2 heterocycles. The number of nitrogens with one attached hydrogen (secondary N) is 1. The van der Waals surface area contributed by atoms with Crippen LogP contribution in [-0.4, -0.2) is 76.4 Å². The molecule has 0 spiro atoms. The van der Waals surface area contributed by atoms with Crippen molar-refractivity contribution in [2.24, 2.45) is 0 Å². The van der Waals surface area contributed by atoms with Crippen LogP contribution in [0.1, 0.15) is 12.0 Å². The van der Waals surface area contributed by atoms with E-state index in [0.29, 0.717) is 5.75 Å². The first-order valence-electron chi connectivity index (χ1n) is 8.71. The van der Waals surface area contributed by atoms with Crippen LogP contribution in [0, 0.1) is 0 Å². The normalized spacial score (nSPS) is 22.5. The summed E-state index contributed by atoms with van der Waals surface area (Å²) in [5, 5.41) is 3.46. The molecule has 1 atom stereocenters. The van der Waals surface area contributed by atoms with Gasteiger partial charge in [0, 0.05) is 45.3 Å². The summed E-state index contributed by atoms with van der Waals surface area (Å²) in [5.41, 5.74) is 1.19.